The van der Waals surface area contributed by atoms with Crippen molar-refractivity contribution in [3.8, 4) is 17.9 Å². The molecule has 0 aliphatic heterocycles. The minimum absolute atomic E-state index is 0.411. The zero-order chi connectivity index (χ0) is 14.5. The van der Waals surface area contributed by atoms with E-state index in [2.05, 4.69) is 22.4 Å². The highest BCUT2D eigenvalue weighted by molar-refractivity contribution is 5.74. The minimum Gasteiger partial charge on any atom is -0.495 e. The summed E-state index contributed by atoms with van der Waals surface area (Å²) in [5, 5.41) is 21.4. The van der Waals surface area contributed by atoms with Crippen molar-refractivity contribution >= 4 is 11.5 Å². The van der Waals surface area contributed by atoms with Gasteiger partial charge in [0.15, 0.2) is 0 Å². The summed E-state index contributed by atoms with van der Waals surface area (Å²) in [5.74, 6) is 0.935. The maximum Gasteiger partial charge on any atom is 0.148 e. The highest BCUT2D eigenvalue weighted by Gasteiger charge is 2.13. The largest absolute Gasteiger partial charge is 0.495 e. The molecule has 0 spiro atoms. The molecule has 0 saturated carbocycles. The Morgan fingerprint density at radius 3 is 2.65 bits per heavy atom. The number of methoxy groups -OCH3 is 1. The van der Waals surface area contributed by atoms with E-state index in [-0.39, 0.29) is 0 Å². The Morgan fingerprint density at radius 2 is 2.00 bits per heavy atom. The number of hydrogen-bond donors (Lipinski definition) is 1. The van der Waals surface area contributed by atoms with Gasteiger partial charge in [0.05, 0.1) is 18.2 Å². The highest BCUT2D eigenvalue weighted by atomic mass is 16.5. The van der Waals surface area contributed by atoms with Crippen LogP contribution < -0.4 is 10.1 Å². The summed E-state index contributed by atoms with van der Waals surface area (Å²) in [7, 11) is 1.52. The van der Waals surface area contributed by atoms with Crippen molar-refractivity contribution in [2.24, 2.45) is 0 Å². The Kier molecular flexibility index (Phi) is 3.83. The standard InChI is InChI=1S/C15H12N4O/c1-10-6-7-18-15(12(10)9-17)19-14-11(8-16)4-3-5-13(14)20-2/h3-7H,1-2H3,(H,18,19). The fraction of sp³-hybridized carbons (Fsp3) is 0.133. The first-order valence-electron chi connectivity index (χ1n) is 5.91. The molecule has 2 rings (SSSR count). The number of benzene rings is 1. The fourth-order valence-electron chi connectivity index (χ4n) is 1.84. The third kappa shape index (κ3) is 2.38. The first-order valence-corrected chi connectivity index (χ1v) is 5.91. The summed E-state index contributed by atoms with van der Waals surface area (Å²) >= 11 is 0. The average Bonchev–Trinajstić information content (AvgIpc) is 2.47. The van der Waals surface area contributed by atoms with Gasteiger partial charge in [-0.2, -0.15) is 10.5 Å². The molecule has 1 aromatic heterocycles. The summed E-state index contributed by atoms with van der Waals surface area (Å²) in [6.07, 6.45) is 1.61. The zero-order valence-corrected chi connectivity index (χ0v) is 11.1. The second kappa shape index (κ2) is 5.73. The van der Waals surface area contributed by atoms with Gasteiger partial charge in [0.1, 0.15) is 29.4 Å². The van der Waals surface area contributed by atoms with E-state index >= 15 is 0 Å². The van der Waals surface area contributed by atoms with Crippen molar-refractivity contribution in [1.82, 2.24) is 4.98 Å². The molecule has 2 aromatic rings. The Hall–Kier alpha value is -3.05. The smallest absolute Gasteiger partial charge is 0.148 e. The van der Waals surface area contributed by atoms with Crippen molar-refractivity contribution in [1.29, 1.82) is 10.5 Å². The molecule has 1 aromatic carbocycles. The van der Waals surface area contributed by atoms with Gasteiger partial charge in [0.2, 0.25) is 0 Å². The third-order valence-corrected chi connectivity index (χ3v) is 2.88. The van der Waals surface area contributed by atoms with Gasteiger partial charge in [-0.25, -0.2) is 4.98 Å². The van der Waals surface area contributed by atoms with Crippen molar-refractivity contribution in [3.63, 3.8) is 0 Å². The number of nitrogens with one attached hydrogen (secondary N) is 1. The fourth-order valence-corrected chi connectivity index (χ4v) is 1.84. The molecule has 0 aliphatic carbocycles. The van der Waals surface area contributed by atoms with E-state index in [1.165, 1.54) is 7.11 Å². The molecule has 0 atom stereocenters. The molecule has 5 nitrogen and oxygen atoms in total. The SMILES string of the molecule is COc1cccc(C#N)c1Nc1nccc(C)c1C#N. The van der Waals surface area contributed by atoms with E-state index in [4.69, 9.17) is 10.00 Å². The van der Waals surface area contributed by atoms with Crippen LogP contribution in [0.5, 0.6) is 5.75 Å². The number of ether oxygens (including phenoxy) is 1. The molecular weight excluding hydrogens is 252 g/mol. The van der Waals surface area contributed by atoms with E-state index in [9.17, 15) is 5.26 Å². The van der Waals surface area contributed by atoms with Crippen molar-refractivity contribution < 1.29 is 4.74 Å². The molecule has 0 radical (unpaired) electrons. The van der Waals surface area contributed by atoms with Crippen LogP contribution in [-0.4, -0.2) is 12.1 Å². The van der Waals surface area contributed by atoms with Crippen LogP contribution in [0.4, 0.5) is 11.5 Å². The van der Waals surface area contributed by atoms with E-state index in [0.29, 0.717) is 28.4 Å². The predicted molar refractivity (Wildman–Crippen MR) is 74.7 cm³/mol. The van der Waals surface area contributed by atoms with Crippen LogP contribution in [-0.2, 0) is 0 Å². The van der Waals surface area contributed by atoms with Crippen LogP contribution in [0.3, 0.4) is 0 Å². The number of pyridine rings is 1. The van der Waals surface area contributed by atoms with E-state index < -0.39 is 0 Å². The summed E-state index contributed by atoms with van der Waals surface area (Å²) < 4.78 is 5.24. The molecule has 0 amide bonds. The molecule has 1 N–H and O–H groups in total. The predicted octanol–water partition coefficient (Wildman–Crippen LogP) is 2.89. The van der Waals surface area contributed by atoms with Gasteiger partial charge < -0.3 is 10.1 Å². The molecule has 0 saturated heterocycles. The molecule has 1 heterocycles. The zero-order valence-electron chi connectivity index (χ0n) is 11.1. The lowest BCUT2D eigenvalue weighted by molar-refractivity contribution is 0.416. The van der Waals surface area contributed by atoms with Crippen molar-refractivity contribution in [2.75, 3.05) is 12.4 Å². The lowest BCUT2D eigenvalue weighted by Crippen LogP contribution is -2.02. The number of nitrogens with zero attached hydrogens (tertiary/aromatic N) is 3. The Bertz CT molecular complexity index is 726. The van der Waals surface area contributed by atoms with E-state index in [1.54, 1.807) is 30.5 Å². The highest BCUT2D eigenvalue weighted by Crippen LogP contribution is 2.31. The maximum absolute atomic E-state index is 9.20. The second-order valence-corrected chi connectivity index (χ2v) is 4.08. The molecule has 5 heteroatoms. The van der Waals surface area contributed by atoms with Crippen LogP contribution in [0.2, 0.25) is 0 Å². The number of aryl methyl sites for hydroxylation is 1. The number of rotatable bonds is 3. The second-order valence-electron chi connectivity index (χ2n) is 4.08. The number of para-hydroxylation sites is 1. The first-order chi connectivity index (χ1) is 9.71. The number of anilines is 2. The van der Waals surface area contributed by atoms with Crippen LogP contribution in [0.1, 0.15) is 16.7 Å². The Labute approximate surface area is 117 Å². The molecule has 0 bridgehead atoms. The minimum atomic E-state index is 0.411. The Balaban J connectivity index is 2.54. The van der Waals surface area contributed by atoms with Gasteiger partial charge in [0.25, 0.3) is 0 Å². The van der Waals surface area contributed by atoms with Gasteiger partial charge in [-0.15, -0.1) is 0 Å². The van der Waals surface area contributed by atoms with Crippen LogP contribution in [0.25, 0.3) is 0 Å². The molecule has 98 valence electrons. The molecule has 0 fully saturated rings. The number of aromatic nitrogens is 1. The molecular formula is C15H12N4O. The van der Waals surface area contributed by atoms with Crippen molar-refractivity contribution in [3.05, 3.63) is 47.2 Å². The summed E-state index contributed by atoms with van der Waals surface area (Å²) in [4.78, 5) is 4.16. The average molecular weight is 264 g/mol. The van der Waals surface area contributed by atoms with Gasteiger partial charge in [-0.05, 0) is 30.7 Å². The van der Waals surface area contributed by atoms with Crippen LogP contribution in [0, 0.1) is 29.6 Å². The van der Waals surface area contributed by atoms with Gasteiger partial charge in [-0.3, -0.25) is 0 Å². The maximum atomic E-state index is 9.20. The van der Waals surface area contributed by atoms with Crippen LogP contribution in [0.15, 0.2) is 30.5 Å². The van der Waals surface area contributed by atoms with Gasteiger partial charge >= 0.3 is 0 Å². The number of hydrogen-bond acceptors (Lipinski definition) is 5. The van der Waals surface area contributed by atoms with Crippen LogP contribution >= 0.6 is 0 Å². The van der Waals surface area contributed by atoms with Gasteiger partial charge in [-0.1, -0.05) is 6.07 Å². The van der Waals surface area contributed by atoms with E-state index in [1.807, 2.05) is 6.92 Å². The van der Waals surface area contributed by atoms with E-state index in [0.717, 1.165) is 5.56 Å². The third-order valence-electron chi connectivity index (χ3n) is 2.88. The molecule has 0 unspecified atom stereocenters. The first kappa shape index (κ1) is 13.4. The quantitative estimate of drug-likeness (QED) is 0.921. The van der Waals surface area contributed by atoms with Crippen molar-refractivity contribution in [2.45, 2.75) is 6.92 Å². The lowest BCUT2D eigenvalue weighted by Gasteiger charge is -2.13. The lowest BCUT2D eigenvalue weighted by atomic mass is 10.1. The number of nitriles is 2. The molecule has 0 aliphatic rings. The monoisotopic (exact) mass is 264 g/mol. The van der Waals surface area contributed by atoms with Gasteiger partial charge in [0, 0.05) is 6.20 Å². The summed E-state index contributed by atoms with van der Waals surface area (Å²) in [6, 6.07) is 11.1. The normalized spacial score (nSPS) is 9.40. The summed E-state index contributed by atoms with van der Waals surface area (Å²) in [6.45, 7) is 1.83. The molecule has 20 heavy (non-hydrogen) atoms. The summed E-state index contributed by atoms with van der Waals surface area (Å²) in [5.41, 5.74) is 2.20. The Morgan fingerprint density at radius 1 is 1.20 bits per heavy atom. The topological polar surface area (TPSA) is 81.7 Å².